The van der Waals surface area contributed by atoms with Gasteiger partial charge in [-0.15, -0.1) is 0 Å². The molecule has 1 aliphatic rings. The van der Waals surface area contributed by atoms with Crippen molar-refractivity contribution in [1.29, 1.82) is 0 Å². The van der Waals surface area contributed by atoms with E-state index in [2.05, 4.69) is 32.7 Å². The molecule has 1 aromatic rings. The molecule has 0 aromatic heterocycles. The van der Waals surface area contributed by atoms with Crippen LogP contribution in [0.15, 0.2) is 36.4 Å². The van der Waals surface area contributed by atoms with Crippen molar-refractivity contribution in [2.45, 2.75) is 94.0 Å². The number of hydrogen-bond acceptors (Lipinski definition) is 1. The summed E-state index contributed by atoms with van der Waals surface area (Å²) in [5.74, 6) is 0. The zero-order chi connectivity index (χ0) is 18.9. The summed E-state index contributed by atoms with van der Waals surface area (Å²) < 4.78 is 0. The van der Waals surface area contributed by atoms with E-state index in [9.17, 15) is 0 Å². The molecule has 140 valence electrons. The fourth-order valence-electron chi connectivity index (χ4n) is 1.63. The van der Waals surface area contributed by atoms with Crippen molar-refractivity contribution < 1.29 is 0 Å². The van der Waals surface area contributed by atoms with Gasteiger partial charge in [-0.1, -0.05) is 105 Å². The third-order valence-electron chi connectivity index (χ3n) is 2.80. The summed E-state index contributed by atoms with van der Waals surface area (Å²) in [5.41, 5.74) is 0. The van der Waals surface area contributed by atoms with Crippen LogP contribution in [-0.2, 0) is 0 Å². The Morgan fingerprint density at radius 2 is 1.04 bits per heavy atom. The van der Waals surface area contributed by atoms with E-state index in [1.54, 1.807) is 0 Å². The Labute approximate surface area is 149 Å². The van der Waals surface area contributed by atoms with E-state index in [0.29, 0.717) is 0 Å². The molecule has 0 saturated carbocycles. The fourth-order valence-corrected chi connectivity index (χ4v) is 1.63. The molecule has 1 aromatic carbocycles. The van der Waals surface area contributed by atoms with Crippen LogP contribution in [0.1, 0.15) is 88.0 Å². The van der Waals surface area contributed by atoms with E-state index in [0.717, 1.165) is 6.04 Å². The first-order chi connectivity index (χ1) is 11.2. The molecule has 1 aliphatic heterocycles. The van der Waals surface area contributed by atoms with Crippen LogP contribution in [0.25, 0.3) is 0 Å². The topological polar surface area (TPSA) is 3.24 Å². The zero-order valence-corrected chi connectivity index (χ0v) is 18.0. The van der Waals surface area contributed by atoms with Crippen molar-refractivity contribution >= 4 is 0 Å². The average Bonchev–Trinajstić information content (AvgIpc) is 2.65. The maximum absolute atomic E-state index is 2.43. The second kappa shape index (κ2) is 32.9. The SMILES string of the molecule is CC.CC.CC.CC1CCCCN1C.CCC.c1ccccc1. The largest absolute Gasteiger partial charge is 0.304 e. The highest BCUT2D eigenvalue weighted by molar-refractivity contribution is 4.99. The predicted molar refractivity (Wildman–Crippen MR) is 112 cm³/mol. The first-order valence-electron chi connectivity index (χ1n) is 9.92. The molecular formula is C22H47N. The van der Waals surface area contributed by atoms with Gasteiger partial charge in [-0.2, -0.15) is 0 Å². The molecule has 1 heterocycles. The Bertz CT molecular complexity index is 196. The molecule has 0 spiro atoms. The standard InChI is InChI=1S/C7H15N.C6H6.C3H8.3C2H6/c1-7-5-3-4-6-8(7)2;1-2-4-6-5-3-1;1-3-2;3*1-2/h7H,3-6H2,1-2H3;1-6H;3H2,1-2H3;3*1-2H3. The lowest BCUT2D eigenvalue weighted by molar-refractivity contribution is 0.200. The van der Waals surface area contributed by atoms with E-state index in [-0.39, 0.29) is 0 Å². The van der Waals surface area contributed by atoms with Crippen LogP contribution in [0.2, 0.25) is 0 Å². The summed E-state index contributed by atoms with van der Waals surface area (Å²) in [6.45, 7) is 19.9. The number of benzene rings is 1. The van der Waals surface area contributed by atoms with Crippen LogP contribution in [0, 0.1) is 0 Å². The zero-order valence-electron chi connectivity index (χ0n) is 18.0. The molecule has 1 heteroatoms. The number of likely N-dealkylation sites (tertiary alicyclic amines) is 1. The van der Waals surface area contributed by atoms with Crippen molar-refractivity contribution in [2.75, 3.05) is 13.6 Å². The minimum Gasteiger partial charge on any atom is -0.304 e. The third-order valence-corrected chi connectivity index (χ3v) is 2.80. The summed E-state index contributed by atoms with van der Waals surface area (Å²) in [5, 5.41) is 0. The molecule has 1 atom stereocenters. The highest BCUT2D eigenvalue weighted by Gasteiger charge is 2.12. The highest BCUT2D eigenvalue weighted by atomic mass is 15.1. The minimum absolute atomic E-state index is 0.837. The van der Waals surface area contributed by atoms with E-state index < -0.39 is 0 Å². The van der Waals surface area contributed by atoms with E-state index in [1.807, 2.05) is 77.9 Å². The summed E-state index contributed by atoms with van der Waals surface area (Å²) in [4.78, 5) is 2.43. The molecule has 1 unspecified atom stereocenters. The van der Waals surface area contributed by atoms with E-state index >= 15 is 0 Å². The van der Waals surface area contributed by atoms with Crippen molar-refractivity contribution in [1.82, 2.24) is 4.90 Å². The van der Waals surface area contributed by atoms with Gasteiger partial charge in [0.25, 0.3) is 0 Å². The van der Waals surface area contributed by atoms with Crippen molar-refractivity contribution in [3.8, 4) is 0 Å². The van der Waals surface area contributed by atoms with Gasteiger partial charge in [0, 0.05) is 6.04 Å². The average molecular weight is 326 g/mol. The maximum Gasteiger partial charge on any atom is 0.00638 e. The molecule has 1 saturated heterocycles. The van der Waals surface area contributed by atoms with Gasteiger partial charge in [-0.05, 0) is 33.4 Å². The second-order valence-electron chi connectivity index (χ2n) is 4.69. The minimum atomic E-state index is 0.837. The molecule has 1 fully saturated rings. The molecule has 0 N–H and O–H groups in total. The van der Waals surface area contributed by atoms with Crippen molar-refractivity contribution in [2.24, 2.45) is 0 Å². The quantitative estimate of drug-likeness (QED) is 0.473. The maximum atomic E-state index is 2.43. The highest BCUT2D eigenvalue weighted by Crippen LogP contribution is 2.13. The van der Waals surface area contributed by atoms with E-state index in [1.165, 1.54) is 32.2 Å². The Kier molecular flexibility index (Phi) is 43.1. The molecule has 0 bridgehead atoms. The van der Waals surface area contributed by atoms with Gasteiger partial charge in [0.15, 0.2) is 0 Å². The molecule has 1 nitrogen and oxygen atoms in total. The van der Waals surface area contributed by atoms with Crippen LogP contribution >= 0.6 is 0 Å². The molecule has 0 radical (unpaired) electrons. The normalized spacial score (nSPS) is 15.1. The second-order valence-corrected chi connectivity index (χ2v) is 4.69. The van der Waals surface area contributed by atoms with Crippen LogP contribution in [0.5, 0.6) is 0 Å². The summed E-state index contributed by atoms with van der Waals surface area (Å²) in [6, 6.07) is 12.8. The van der Waals surface area contributed by atoms with Crippen LogP contribution in [0.4, 0.5) is 0 Å². The summed E-state index contributed by atoms with van der Waals surface area (Å²) in [6.07, 6.45) is 5.49. The van der Waals surface area contributed by atoms with Gasteiger partial charge in [0.2, 0.25) is 0 Å². The van der Waals surface area contributed by atoms with Gasteiger partial charge in [0.05, 0.1) is 0 Å². The summed E-state index contributed by atoms with van der Waals surface area (Å²) in [7, 11) is 2.21. The van der Waals surface area contributed by atoms with Crippen molar-refractivity contribution in [3.05, 3.63) is 36.4 Å². The Balaban J connectivity index is -0.000000107. The predicted octanol–water partition coefficient (Wildman–Crippen LogP) is 7.67. The van der Waals surface area contributed by atoms with Gasteiger partial charge < -0.3 is 4.90 Å². The Morgan fingerprint density at radius 1 is 0.739 bits per heavy atom. The van der Waals surface area contributed by atoms with Gasteiger partial charge in [0.1, 0.15) is 0 Å². The smallest absolute Gasteiger partial charge is 0.00638 e. The Morgan fingerprint density at radius 3 is 1.22 bits per heavy atom. The molecule has 23 heavy (non-hydrogen) atoms. The number of rotatable bonds is 0. The first-order valence-corrected chi connectivity index (χ1v) is 9.92. The van der Waals surface area contributed by atoms with Gasteiger partial charge >= 0.3 is 0 Å². The molecule has 0 aliphatic carbocycles. The molecule has 2 rings (SSSR count). The van der Waals surface area contributed by atoms with Crippen molar-refractivity contribution in [3.63, 3.8) is 0 Å². The van der Waals surface area contributed by atoms with Crippen LogP contribution in [-0.4, -0.2) is 24.5 Å². The first kappa shape index (κ1) is 30.1. The lowest BCUT2D eigenvalue weighted by Gasteiger charge is -2.29. The number of piperidine rings is 1. The molecular weight excluding hydrogens is 278 g/mol. The van der Waals surface area contributed by atoms with Gasteiger partial charge in [-0.3, -0.25) is 0 Å². The third kappa shape index (κ3) is 29.8. The summed E-state index contributed by atoms with van der Waals surface area (Å²) >= 11 is 0. The number of hydrogen-bond donors (Lipinski definition) is 0. The van der Waals surface area contributed by atoms with Crippen LogP contribution < -0.4 is 0 Å². The molecule has 0 amide bonds. The van der Waals surface area contributed by atoms with E-state index in [4.69, 9.17) is 0 Å². The van der Waals surface area contributed by atoms with Crippen LogP contribution in [0.3, 0.4) is 0 Å². The lowest BCUT2D eigenvalue weighted by atomic mass is 10.1. The monoisotopic (exact) mass is 325 g/mol. The fraction of sp³-hybridized carbons (Fsp3) is 0.727. The number of nitrogens with zero attached hydrogens (tertiary/aromatic N) is 1. The lowest BCUT2D eigenvalue weighted by Crippen LogP contribution is -2.33. The Hall–Kier alpha value is -0.820. The van der Waals surface area contributed by atoms with Gasteiger partial charge in [-0.25, -0.2) is 0 Å².